The van der Waals surface area contributed by atoms with Gasteiger partial charge in [-0.25, -0.2) is 4.98 Å². The third kappa shape index (κ3) is 7.00. The molecule has 1 unspecified atom stereocenters. The van der Waals surface area contributed by atoms with E-state index in [-0.39, 0.29) is 23.8 Å². The van der Waals surface area contributed by atoms with Gasteiger partial charge in [0.05, 0.1) is 30.5 Å². The Morgan fingerprint density at radius 3 is 2.73 bits per heavy atom. The maximum atomic E-state index is 13.4. The number of nitrogens with zero attached hydrogens (tertiary/aromatic N) is 6. The number of fused-ring (bicyclic) bond motifs is 1. The number of amides is 1. The van der Waals surface area contributed by atoms with Gasteiger partial charge in [0.2, 0.25) is 5.91 Å². The van der Waals surface area contributed by atoms with Crippen LogP contribution in [0, 0.1) is 0 Å². The number of likely N-dealkylation sites (tertiary alicyclic amines) is 1. The molecular weight excluding hydrogens is 576 g/mol. The van der Waals surface area contributed by atoms with Gasteiger partial charge in [0, 0.05) is 88.6 Å². The highest BCUT2D eigenvalue weighted by atomic mass is 32.1. The fourth-order valence-corrected chi connectivity index (χ4v) is 7.76. The van der Waals surface area contributed by atoms with E-state index in [0.717, 1.165) is 105 Å². The second-order valence-corrected chi connectivity index (χ2v) is 13.0. The molecule has 11 heteroatoms. The monoisotopic (exact) mass is 620 g/mol. The lowest BCUT2D eigenvalue weighted by Crippen LogP contribution is -2.36. The number of rotatable bonds is 11. The van der Waals surface area contributed by atoms with Crippen molar-refractivity contribution in [3.8, 4) is 5.75 Å². The van der Waals surface area contributed by atoms with Gasteiger partial charge in [0.25, 0.3) is 0 Å². The maximum Gasteiger partial charge on any atom is 0.222 e. The Morgan fingerprint density at radius 2 is 1.93 bits per heavy atom. The first-order valence-electron chi connectivity index (χ1n) is 16.1. The topological polar surface area (TPSA) is 102 Å². The summed E-state index contributed by atoms with van der Waals surface area (Å²) in [6, 6.07) is 8.01. The highest BCUT2D eigenvalue weighted by Gasteiger charge is 2.30. The summed E-state index contributed by atoms with van der Waals surface area (Å²) in [5.74, 6) is 1.25. The molecule has 3 saturated heterocycles. The quantitative estimate of drug-likeness (QED) is 0.337. The van der Waals surface area contributed by atoms with Crippen LogP contribution in [0.25, 0.3) is 10.9 Å². The highest BCUT2D eigenvalue weighted by Crippen LogP contribution is 2.37. The van der Waals surface area contributed by atoms with E-state index in [1.165, 1.54) is 0 Å². The van der Waals surface area contributed by atoms with Crippen molar-refractivity contribution >= 4 is 44.7 Å². The number of benzene rings is 1. The molecule has 1 aromatic carbocycles. The van der Waals surface area contributed by atoms with Crippen molar-refractivity contribution in [2.24, 2.45) is 0 Å². The third-order valence-corrected chi connectivity index (χ3v) is 10.2. The van der Waals surface area contributed by atoms with E-state index in [0.29, 0.717) is 32.2 Å². The molecule has 6 rings (SSSR count). The minimum Gasteiger partial charge on any atom is -0.494 e. The molecular formula is C33H44N6O4S. The van der Waals surface area contributed by atoms with Crippen molar-refractivity contribution in [1.29, 1.82) is 0 Å². The first-order valence-corrected chi connectivity index (χ1v) is 17.0. The predicted molar refractivity (Wildman–Crippen MR) is 174 cm³/mol. The molecule has 3 aliphatic heterocycles. The molecule has 0 aliphatic carbocycles. The van der Waals surface area contributed by atoms with Crippen LogP contribution in [-0.4, -0.2) is 102 Å². The molecule has 10 nitrogen and oxygen atoms in total. The number of aromatic nitrogens is 2. The summed E-state index contributed by atoms with van der Waals surface area (Å²) in [7, 11) is 1.71. The van der Waals surface area contributed by atoms with Crippen LogP contribution in [0.1, 0.15) is 63.1 Å². The van der Waals surface area contributed by atoms with Gasteiger partial charge in [-0.1, -0.05) is 6.07 Å². The van der Waals surface area contributed by atoms with Crippen molar-refractivity contribution in [3.63, 3.8) is 0 Å². The van der Waals surface area contributed by atoms with Gasteiger partial charge >= 0.3 is 0 Å². The lowest BCUT2D eigenvalue weighted by molar-refractivity contribution is -0.128. The molecule has 0 bridgehead atoms. The first kappa shape index (κ1) is 30.7. The molecule has 1 N–H and O–H groups in total. The molecule has 1 atom stereocenters. The number of pyridine rings is 1. The Bertz CT molecular complexity index is 1440. The summed E-state index contributed by atoms with van der Waals surface area (Å²) < 4.78 is 5.80. The summed E-state index contributed by atoms with van der Waals surface area (Å²) in [5.41, 5.74) is 2.93. The molecule has 3 aromatic rings. The number of carbonyl (C=O) groups is 2. The fraction of sp³-hybridized carbons (Fsp3) is 0.576. The zero-order chi connectivity index (χ0) is 30.5. The van der Waals surface area contributed by atoms with Gasteiger partial charge in [0.1, 0.15) is 17.2 Å². The number of Topliss-reactive ketones (excluding diaryl/α,β-unsaturated/α-hetero) is 1. The normalized spacial score (nSPS) is 19.5. The van der Waals surface area contributed by atoms with Crippen LogP contribution in [0.4, 0.5) is 10.8 Å². The van der Waals surface area contributed by atoms with Crippen molar-refractivity contribution < 1.29 is 19.4 Å². The summed E-state index contributed by atoms with van der Waals surface area (Å²) in [6.45, 7) is 6.37. The Morgan fingerprint density at radius 1 is 1.07 bits per heavy atom. The van der Waals surface area contributed by atoms with Crippen molar-refractivity contribution in [1.82, 2.24) is 19.8 Å². The van der Waals surface area contributed by atoms with Gasteiger partial charge in [-0.3, -0.25) is 19.5 Å². The van der Waals surface area contributed by atoms with Crippen LogP contribution < -0.4 is 14.5 Å². The Labute approximate surface area is 263 Å². The minimum absolute atomic E-state index is 0.108. The van der Waals surface area contributed by atoms with Crippen molar-refractivity contribution in [2.45, 2.75) is 63.5 Å². The molecule has 3 fully saturated rings. The number of anilines is 2. The van der Waals surface area contributed by atoms with E-state index >= 15 is 0 Å². The molecule has 2 aromatic heterocycles. The second-order valence-electron chi connectivity index (χ2n) is 12.2. The Kier molecular flexibility index (Phi) is 9.93. The van der Waals surface area contributed by atoms with Gasteiger partial charge in [-0.2, -0.15) is 0 Å². The minimum atomic E-state index is -0.234. The lowest BCUT2D eigenvalue weighted by atomic mass is 10.0. The standard InChI is InChI=1S/C33H44N6O4S/c1-43-29-10-9-24-6-2-13-34-31(24)32(29)38-17-5-16-36(20-21-38)28(22-26(41)7-3-14-37-15-4-8-30(37)42)27-23-44-33(35-27)39-18-11-25(40)12-19-39/h2,6,9-10,13,23,25,28,40H,3-5,7-8,11-12,14-22H2,1H3. The molecule has 236 valence electrons. The van der Waals surface area contributed by atoms with Crippen LogP contribution in [0.5, 0.6) is 5.75 Å². The Balaban J connectivity index is 1.19. The lowest BCUT2D eigenvalue weighted by Gasteiger charge is -2.31. The average Bonchev–Trinajstić information content (AvgIpc) is 3.62. The van der Waals surface area contributed by atoms with E-state index in [1.54, 1.807) is 18.4 Å². The smallest absolute Gasteiger partial charge is 0.222 e. The van der Waals surface area contributed by atoms with Crippen LogP contribution in [0.15, 0.2) is 35.8 Å². The number of aliphatic hydroxyl groups excluding tert-OH is 1. The third-order valence-electron chi connectivity index (χ3n) is 9.28. The number of thiazole rings is 1. The predicted octanol–water partition coefficient (Wildman–Crippen LogP) is 4.28. The number of ketones is 1. The summed E-state index contributed by atoms with van der Waals surface area (Å²) in [4.78, 5) is 44.3. The number of aliphatic hydroxyl groups is 1. The number of ether oxygens (including phenoxy) is 1. The van der Waals surface area contributed by atoms with Crippen LogP contribution in [-0.2, 0) is 9.59 Å². The summed E-state index contributed by atoms with van der Waals surface area (Å²) in [6.07, 6.45) is 7.19. The van der Waals surface area contributed by atoms with E-state index in [4.69, 9.17) is 14.7 Å². The number of methoxy groups -OCH3 is 1. The SMILES string of the molecule is COc1ccc2cccnc2c1N1CCCN(C(CC(=O)CCCN2CCCC2=O)c2csc(N3CCC(O)CC3)n2)CC1. The van der Waals surface area contributed by atoms with Gasteiger partial charge in [-0.05, 0) is 50.3 Å². The number of hydrogen-bond donors (Lipinski definition) is 1. The van der Waals surface area contributed by atoms with Crippen molar-refractivity contribution in [2.75, 3.05) is 69.3 Å². The molecule has 0 radical (unpaired) electrons. The van der Waals surface area contributed by atoms with Gasteiger partial charge < -0.3 is 24.5 Å². The maximum absolute atomic E-state index is 13.4. The average molecular weight is 621 g/mol. The molecule has 0 spiro atoms. The van der Waals surface area contributed by atoms with Crippen molar-refractivity contribution in [3.05, 3.63) is 41.5 Å². The highest BCUT2D eigenvalue weighted by molar-refractivity contribution is 7.13. The largest absolute Gasteiger partial charge is 0.494 e. The number of carbonyl (C=O) groups excluding carboxylic acids is 2. The first-order chi connectivity index (χ1) is 21.5. The summed E-state index contributed by atoms with van der Waals surface area (Å²) >= 11 is 1.64. The van der Waals surface area contributed by atoms with E-state index in [9.17, 15) is 14.7 Å². The zero-order valence-corrected chi connectivity index (χ0v) is 26.5. The molecule has 0 saturated carbocycles. The second kappa shape index (κ2) is 14.2. The van der Waals surface area contributed by atoms with Gasteiger partial charge in [-0.15, -0.1) is 11.3 Å². The van der Waals surface area contributed by atoms with Gasteiger partial charge in [0.15, 0.2) is 5.13 Å². The van der Waals surface area contributed by atoms with Crippen LogP contribution in [0.2, 0.25) is 0 Å². The Hall–Kier alpha value is -3.28. The molecule has 5 heterocycles. The van der Waals surface area contributed by atoms with Crippen LogP contribution in [0.3, 0.4) is 0 Å². The molecule has 1 amide bonds. The van der Waals surface area contributed by atoms with E-state index in [1.807, 2.05) is 23.2 Å². The number of piperidine rings is 1. The number of hydrogen-bond acceptors (Lipinski definition) is 10. The fourth-order valence-electron chi connectivity index (χ4n) is 6.83. The van der Waals surface area contributed by atoms with E-state index < -0.39 is 0 Å². The van der Waals surface area contributed by atoms with E-state index in [2.05, 4.69) is 32.2 Å². The summed E-state index contributed by atoms with van der Waals surface area (Å²) in [5, 5.41) is 14.2. The molecule has 3 aliphatic rings. The van der Waals surface area contributed by atoms with Crippen LogP contribution >= 0.6 is 11.3 Å². The zero-order valence-electron chi connectivity index (χ0n) is 25.7. The molecule has 44 heavy (non-hydrogen) atoms.